The number of amides is 1. The second kappa shape index (κ2) is 7.69. The molecule has 1 amide bonds. The van der Waals surface area contributed by atoms with Gasteiger partial charge >= 0.3 is 17.8 Å². The van der Waals surface area contributed by atoms with E-state index in [2.05, 4.69) is 4.74 Å². The predicted molar refractivity (Wildman–Crippen MR) is 78.9 cm³/mol. The zero-order valence-electron chi connectivity index (χ0n) is 12.8. The number of esters is 1. The maximum absolute atomic E-state index is 13.6. The maximum atomic E-state index is 13.6. The number of carbonyl (C=O) groups excluding carboxylic acids is 2. The van der Waals surface area contributed by atoms with Gasteiger partial charge in [0.25, 0.3) is 0 Å². The molecule has 2 N–H and O–H groups in total. The molecule has 0 radical (unpaired) electrons. The van der Waals surface area contributed by atoms with Gasteiger partial charge in [0.1, 0.15) is 5.82 Å². The number of nitrogens with one attached hydrogen (secondary N) is 2. The van der Waals surface area contributed by atoms with Crippen molar-refractivity contribution in [1.29, 1.82) is 0 Å². The van der Waals surface area contributed by atoms with E-state index in [1.165, 1.54) is 13.8 Å². The van der Waals surface area contributed by atoms with Gasteiger partial charge in [0.15, 0.2) is 0 Å². The lowest BCUT2D eigenvalue weighted by Gasteiger charge is -2.35. The summed E-state index contributed by atoms with van der Waals surface area (Å²) in [5.74, 6) is -3.64. The fourth-order valence-corrected chi connectivity index (χ4v) is 1.90. The molecule has 1 atom stereocenters. The normalized spacial score (nSPS) is 13.8. The van der Waals surface area contributed by atoms with E-state index in [4.69, 9.17) is 11.6 Å². The zero-order chi connectivity index (χ0) is 18.5. The number of halogens is 5. The lowest BCUT2D eigenvalue weighted by molar-refractivity contribution is -0.207. The van der Waals surface area contributed by atoms with Crippen molar-refractivity contribution in [3.8, 4) is 0 Å². The first-order valence-corrected chi connectivity index (χ1v) is 7.23. The molecule has 0 unspecified atom stereocenters. The van der Waals surface area contributed by atoms with Crippen molar-refractivity contribution in [1.82, 2.24) is 5.32 Å². The van der Waals surface area contributed by atoms with E-state index in [1.807, 2.05) is 5.32 Å². The van der Waals surface area contributed by atoms with Crippen LogP contribution in [0.4, 0.5) is 23.2 Å². The summed E-state index contributed by atoms with van der Waals surface area (Å²) >= 11 is 5.53. The number of benzene rings is 1. The minimum Gasteiger partial charge on any atom is -0.463 e. The first-order valence-electron chi connectivity index (χ1n) is 6.85. The number of ether oxygens (including phenoxy) is 1. The van der Waals surface area contributed by atoms with Crippen LogP contribution in [0.1, 0.15) is 20.3 Å². The summed E-state index contributed by atoms with van der Waals surface area (Å²) in [4.78, 5) is 23.5. The van der Waals surface area contributed by atoms with Crippen LogP contribution < -0.4 is 10.6 Å². The van der Waals surface area contributed by atoms with Crippen molar-refractivity contribution in [2.24, 2.45) is 0 Å². The molecule has 1 aromatic rings. The molecule has 0 bridgehead atoms. The van der Waals surface area contributed by atoms with Crippen LogP contribution in [-0.2, 0) is 14.3 Å². The summed E-state index contributed by atoms with van der Waals surface area (Å²) in [6.07, 6.45) is -5.55. The number of hydrogen-bond acceptors (Lipinski definition) is 4. The first kappa shape index (κ1) is 20.0. The van der Waals surface area contributed by atoms with E-state index in [-0.39, 0.29) is 18.7 Å². The summed E-state index contributed by atoms with van der Waals surface area (Å²) in [6.45, 7) is 2.29. The van der Waals surface area contributed by atoms with Crippen molar-refractivity contribution in [2.45, 2.75) is 32.1 Å². The van der Waals surface area contributed by atoms with E-state index < -0.39 is 34.6 Å². The Bertz CT molecular complexity index is 625. The van der Waals surface area contributed by atoms with Crippen molar-refractivity contribution < 1.29 is 31.9 Å². The summed E-state index contributed by atoms with van der Waals surface area (Å²) in [5, 5.41) is 3.01. The molecule has 134 valence electrons. The van der Waals surface area contributed by atoms with Gasteiger partial charge in [-0.15, -0.1) is 0 Å². The smallest absolute Gasteiger partial charge is 0.441 e. The topological polar surface area (TPSA) is 67.4 Å². The molecule has 1 aromatic carbocycles. The lowest BCUT2D eigenvalue weighted by atomic mass is 10.1. The Morgan fingerprint density at radius 2 is 1.88 bits per heavy atom. The van der Waals surface area contributed by atoms with Crippen molar-refractivity contribution in [3.05, 3.63) is 29.0 Å². The van der Waals surface area contributed by atoms with Gasteiger partial charge in [-0.3, -0.25) is 4.79 Å². The number of alkyl halides is 3. The summed E-state index contributed by atoms with van der Waals surface area (Å²) in [7, 11) is 0. The third-order valence-corrected chi connectivity index (χ3v) is 3.20. The summed E-state index contributed by atoms with van der Waals surface area (Å²) < 4.78 is 58.5. The van der Waals surface area contributed by atoms with Gasteiger partial charge < -0.3 is 15.4 Å². The summed E-state index contributed by atoms with van der Waals surface area (Å²) in [5.41, 5.74) is -3.86. The number of rotatable bonds is 6. The van der Waals surface area contributed by atoms with Crippen LogP contribution in [0.3, 0.4) is 0 Å². The molecule has 5 nitrogen and oxygen atoms in total. The zero-order valence-corrected chi connectivity index (χ0v) is 13.5. The van der Waals surface area contributed by atoms with E-state index in [9.17, 15) is 27.2 Å². The monoisotopic (exact) mass is 370 g/mol. The molecule has 0 heterocycles. The van der Waals surface area contributed by atoms with Crippen molar-refractivity contribution in [2.75, 3.05) is 11.9 Å². The highest BCUT2D eigenvalue weighted by Crippen LogP contribution is 2.34. The van der Waals surface area contributed by atoms with Crippen LogP contribution in [0, 0.1) is 5.82 Å². The Hall–Kier alpha value is -2.03. The third kappa shape index (κ3) is 4.28. The first-order chi connectivity index (χ1) is 11.1. The maximum Gasteiger partial charge on any atom is 0.441 e. The van der Waals surface area contributed by atoms with Gasteiger partial charge in [-0.1, -0.05) is 18.5 Å². The highest BCUT2D eigenvalue weighted by molar-refractivity contribution is 6.31. The average molecular weight is 371 g/mol. The minimum absolute atomic E-state index is 0.302. The van der Waals surface area contributed by atoms with E-state index in [1.54, 1.807) is 5.32 Å². The van der Waals surface area contributed by atoms with Crippen molar-refractivity contribution in [3.63, 3.8) is 0 Å². The molecule has 0 aliphatic rings. The van der Waals surface area contributed by atoms with Gasteiger partial charge in [-0.2, -0.15) is 13.2 Å². The van der Waals surface area contributed by atoms with Crippen molar-refractivity contribution >= 4 is 29.2 Å². The molecule has 0 aliphatic carbocycles. The fourth-order valence-electron chi connectivity index (χ4n) is 1.72. The molecular weight excluding hydrogens is 356 g/mol. The largest absolute Gasteiger partial charge is 0.463 e. The number of carbonyl (C=O) groups is 2. The molecule has 0 aliphatic heterocycles. The minimum atomic E-state index is -5.25. The van der Waals surface area contributed by atoms with Gasteiger partial charge in [0, 0.05) is 12.1 Å². The molecule has 0 aromatic heterocycles. The van der Waals surface area contributed by atoms with Crippen LogP contribution in [-0.4, -0.2) is 30.3 Å². The Balaban J connectivity index is 3.39. The molecule has 0 fully saturated rings. The fraction of sp³-hybridized carbons (Fsp3) is 0.429. The SMILES string of the molecule is CCOC(=O)[C@](NC(=O)CC)(Nc1ccc(F)c(Cl)c1)C(F)(F)F. The van der Waals surface area contributed by atoms with Gasteiger partial charge in [0.05, 0.1) is 11.6 Å². The van der Waals surface area contributed by atoms with Crippen LogP contribution >= 0.6 is 11.6 Å². The predicted octanol–water partition coefficient (Wildman–Crippen LogP) is 3.24. The molecule has 10 heteroatoms. The Morgan fingerprint density at radius 3 is 2.33 bits per heavy atom. The number of anilines is 1. The number of hydrogen-bond donors (Lipinski definition) is 2. The molecule has 24 heavy (non-hydrogen) atoms. The average Bonchev–Trinajstić information content (AvgIpc) is 2.49. The van der Waals surface area contributed by atoms with Gasteiger partial charge in [-0.05, 0) is 25.1 Å². The second-order valence-electron chi connectivity index (χ2n) is 4.62. The quantitative estimate of drug-likeness (QED) is 0.458. The molecule has 0 saturated carbocycles. The van der Waals surface area contributed by atoms with E-state index in [0.29, 0.717) is 0 Å². The third-order valence-electron chi connectivity index (χ3n) is 2.91. The standard InChI is InChI=1S/C14H15ClF4N2O3/c1-3-11(22)21-13(14(17,18)19,12(23)24-4-2)20-8-5-6-10(16)9(15)7-8/h5-7,20H,3-4H2,1-2H3,(H,21,22)/t13-/m1/s1. The molecule has 0 spiro atoms. The highest BCUT2D eigenvalue weighted by Gasteiger charge is 2.63. The second-order valence-corrected chi connectivity index (χ2v) is 5.03. The lowest BCUT2D eigenvalue weighted by Crippen LogP contribution is -2.69. The van der Waals surface area contributed by atoms with Crippen LogP contribution in [0.15, 0.2) is 18.2 Å². The Labute approximate surface area is 140 Å². The van der Waals surface area contributed by atoms with Gasteiger partial charge in [0.2, 0.25) is 5.91 Å². The Morgan fingerprint density at radius 1 is 1.25 bits per heavy atom. The van der Waals surface area contributed by atoms with Crippen LogP contribution in [0.25, 0.3) is 0 Å². The van der Waals surface area contributed by atoms with Gasteiger partial charge in [-0.25, -0.2) is 9.18 Å². The summed E-state index contributed by atoms with van der Waals surface area (Å²) in [6, 6.07) is 2.62. The van der Waals surface area contributed by atoms with E-state index >= 15 is 0 Å². The molecular formula is C14H15ClF4N2O3. The van der Waals surface area contributed by atoms with Crippen LogP contribution in [0.2, 0.25) is 5.02 Å². The van der Waals surface area contributed by atoms with Crippen LogP contribution in [0.5, 0.6) is 0 Å². The molecule has 0 saturated heterocycles. The van der Waals surface area contributed by atoms with E-state index in [0.717, 1.165) is 18.2 Å². The molecule has 1 rings (SSSR count). The highest BCUT2D eigenvalue weighted by atomic mass is 35.5. The Kier molecular flexibility index (Phi) is 6.42.